The van der Waals surface area contributed by atoms with E-state index in [0.29, 0.717) is 5.56 Å². The van der Waals surface area contributed by atoms with Crippen molar-refractivity contribution >= 4 is 16.8 Å². The second-order valence-corrected chi connectivity index (χ2v) is 6.92. The van der Waals surface area contributed by atoms with E-state index in [2.05, 4.69) is 20.4 Å². The van der Waals surface area contributed by atoms with Gasteiger partial charge in [-0.1, -0.05) is 6.92 Å². The Morgan fingerprint density at radius 2 is 2.15 bits per heavy atom. The van der Waals surface area contributed by atoms with Gasteiger partial charge in [0.1, 0.15) is 12.2 Å². The average Bonchev–Trinajstić information content (AvgIpc) is 3.29. The Bertz CT molecular complexity index is 939. The fourth-order valence-corrected chi connectivity index (χ4v) is 3.92. The van der Waals surface area contributed by atoms with E-state index in [0.717, 1.165) is 37.1 Å². The van der Waals surface area contributed by atoms with E-state index in [-0.39, 0.29) is 11.9 Å². The summed E-state index contributed by atoms with van der Waals surface area (Å²) in [7, 11) is 0. The van der Waals surface area contributed by atoms with Crippen LogP contribution in [0.2, 0.25) is 0 Å². The van der Waals surface area contributed by atoms with Crippen LogP contribution in [0.3, 0.4) is 0 Å². The smallest absolute Gasteiger partial charge is 0.251 e. The van der Waals surface area contributed by atoms with E-state index in [9.17, 15) is 4.79 Å². The minimum absolute atomic E-state index is 0.0600. The minimum atomic E-state index is -0.138. The van der Waals surface area contributed by atoms with Crippen LogP contribution in [0.25, 0.3) is 10.9 Å². The number of nitrogens with zero attached hydrogens (tertiary/aromatic N) is 3. The van der Waals surface area contributed by atoms with Crippen molar-refractivity contribution in [3.05, 3.63) is 47.2 Å². The fraction of sp³-hybridized carbons (Fsp3) is 0.450. The van der Waals surface area contributed by atoms with Crippen LogP contribution < -0.4 is 5.32 Å². The summed E-state index contributed by atoms with van der Waals surface area (Å²) in [6.45, 7) is 4.81. The molecule has 6 heteroatoms. The number of carbonyl (C=O) groups excluding carboxylic acids is 1. The molecule has 0 unspecified atom stereocenters. The Morgan fingerprint density at radius 1 is 1.31 bits per heavy atom. The van der Waals surface area contributed by atoms with Crippen LogP contribution in [0.4, 0.5) is 0 Å². The zero-order valence-electron chi connectivity index (χ0n) is 15.4. The average molecular weight is 351 g/mol. The van der Waals surface area contributed by atoms with Crippen LogP contribution in [-0.4, -0.2) is 25.7 Å². The van der Waals surface area contributed by atoms with Crippen LogP contribution in [0, 0.1) is 0 Å². The fourth-order valence-electron chi connectivity index (χ4n) is 3.92. The summed E-state index contributed by atoms with van der Waals surface area (Å²) in [5, 5.41) is 8.53. The highest BCUT2D eigenvalue weighted by molar-refractivity contribution is 5.99. The molecule has 1 atom stereocenters. The van der Waals surface area contributed by atoms with Gasteiger partial charge in [-0.25, -0.2) is 9.67 Å². The summed E-state index contributed by atoms with van der Waals surface area (Å²) >= 11 is 0. The van der Waals surface area contributed by atoms with Gasteiger partial charge in [-0.05, 0) is 62.8 Å². The lowest BCUT2D eigenvalue weighted by atomic mass is 9.95. The van der Waals surface area contributed by atoms with Crippen molar-refractivity contribution in [2.24, 2.45) is 0 Å². The summed E-state index contributed by atoms with van der Waals surface area (Å²) in [5.74, 6) is 0.749. The molecule has 136 valence electrons. The highest BCUT2D eigenvalue weighted by Gasteiger charge is 2.20. The summed E-state index contributed by atoms with van der Waals surface area (Å²) in [6, 6.07) is 5.82. The van der Waals surface area contributed by atoms with Gasteiger partial charge in [0, 0.05) is 28.7 Å². The number of hydrogen-bond donors (Lipinski definition) is 2. The lowest BCUT2D eigenvalue weighted by molar-refractivity contribution is 0.0933. The van der Waals surface area contributed by atoms with Crippen molar-refractivity contribution in [3.63, 3.8) is 0 Å². The van der Waals surface area contributed by atoms with Crippen molar-refractivity contribution in [2.75, 3.05) is 0 Å². The Morgan fingerprint density at radius 3 is 2.96 bits per heavy atom. The quantitative estimate of drug-likeness (QED) is 0.738. The number of carbonyl (C=O) groups is 1. The third-order valence-electron chi connectivity index (χ3n) is 5.33. The molecular formula is C20H25N5O. The van der Waals surface area contributed by atoms with Gasteiger partial charge in [-0.3, -0.25) is 4.79 Å². The van der Waals surface area contributed by atoms with E-state index in [1.807, 2.05) is 36.7 Å². The first-order chi connectivity index (χ1) is 12.7. The van der Waals surface area contributed by atoms with Crippen molar-refractivity contribution in [2.45, 2.75) is 58.5 Å². The molecule has 1 aliphatic carbocycles. The topological polar surface area (TPSA) is 75.6 Å². The van der Waals surface area contributed by atoms with Crippen molar-refractivity contribution in [1.29, 1.82) is 0 Å². The van der Waals surface area contributed by atoms with Crippen molar-refractivity contribution in [1.82, 2.24) is 25.1 Å². The van der Waals surface area contributed by atoms with Crippen molar-refractivity contribution in [3.8, 4) is 0 Å². The molecule has 1 amide bonds. The van der Waals surface area contributed by atoms with Gasteiger partial charge in [-0.15, -0.1) is 0 Å². The predicted molar refractivity (Wildman–Crippen MR) is 101 cm³/mol. The highest BCUT2D eigenvalue weighted by atomic mass is 16.1. The predicted octanol–water partition coefficient (Wildman–Crippen LogP) is 3.54. The van der Waals surface area contributed by atoms with Gasteiger partial charge in [0.2, 0.25) is 0 Å². The maximum Gasteiger partial charge on any atom is 0.251 e. The molecule has 3 aromatic rings. The first kappa shape index (κ1) is 16.8. The molecule has 0 aliphatic heterocycles. The largest absolute Gasteiger partial charge is 0.358 e. The van der Waals surface area contributed by atoms with Gasteiger partial charge in [0.15, 0.2) is 0 Å². The van der Waals surface area contributed by atoms with E-state index >= 15 is 0 Å². The molecule has 0 saturated heterocycles. The maximum atomic E-state index is 12.9. The lowest BCUT2D eigenvalue weighted by Gasteiger charge is -2.17. The molecular weight excluding hydrogens is 326 g/mol. The third-order valence-corrected chi connectivity index (χ3v) is 5.33. The molecule has 0 bridgehead atoms. The summed E-state index contributed by atoms with van der Waals surface area (Å²) < 4.78 is 1.83. The van der Waals surface area contributed by atoms with Gasteiger partial charge in [-0.2, -0.15) is 5.10 Å². The number of benzene rings is 1. The lowest BCUT2D eigenvalue weighted by Crippen LogP contribution is -2.30. The van der Waals surface area contributed by atoms with E-state index in [1.54, 1.807) is 6.33 Å². The zero-order chi connectivity index (χ0) is 18.1. The Labute approximate surface area is 153 Å². The maximum absolute atomic E-state index is 12.9. The van der Waals surface area contributed by atoms with Gasteiger partial charge >= 0.3 is 0 Å². The molecule has 2 aromatic heterocycles. The van der Waals surface area contributed by atoms with Gasteiger partial charge in [0.25, 0.3) is 5.91 Å². The summed E-state index contributed by atoms with van der Waals surface area (Å²) in [6.07, 6.45) is 6.98. The molecule has 6 nitrogen and oxygen atoms in total. The molecule has 0 saturated carbocycles. The number of amides is 1. The molecule has 1 aliphatic rings. The normalized spacial score (nSPS) is 15.0. The number of rotatable bonds is 5. The number of aromatic nitrogens is 4. The molecule has 4 rings (SSSR count). The standard InChI is InChI=1S/C20H25N5O/c1-3-16(19-21-12-22-25(19)4-2)24-20(26)13-9-10-18-15(11-13)14-7-5-6-8-17(14)23-18/h9-12,16,23H,3-8H2,1-2H3,(H,24,26)/t16-/m0/s1. The molecule has 26 heavy (non-hydrogen) atoms. The van der Waals surface area contributed by atoms with Gasteiger partial charge < -0.3 is 10.3 Å². The third kappa shape index (κ3) is 2.89. The molecule has 0 fully saturated rings. The van der Waals surface area contributed by atoms with Crippen LogP contribution in [-0.2, 0) is 19.4 Å². The van der Waals surface area contributed by atoms with Crippen LogP contribution in [0.1, 0.15) is 66.6 Å². The second-order valence-electron chi connectivity index (χ2n) is 6.92. The van der Waals surface area contributed by atoms with Crippen LogP contribution >= 0.6 is 0 Å². The first-order valence-corrected chi connectivity index (χ1v) is 9.53. The number of aryl methyl sites for hydroxylation is 3. The summed E-state index contributed by atoms with van der Waals surface area (Å²) in [5.41, 5.74) is 4.56. The number of nitrogens with one attached hydrogen (secondary N) is 2. The summed E-state index contributed by atoms with van der Waals surface area (Å²) in [4.78, 5) is 20.7. The Kier molecular flexibility index (Phi) is 4.49. The number of H-pyrrole nitrogens is 1. The Hall–Kier alpha value is -2.63. The number of fused-ring (bicyclic) bond motifs is 3. The molecule has 1 aromatic carbocycles. The van der Waals surface area contributed by atoms with Crippen LogP contribution in [0.5, 0.6) is 0 Å². The van der Waals surface area contributed by atoms with E-state index in [1.165, 1.54) is 29.5 Å². The molecule has 2 heterocycles. The molecule has 0 radical (unpaired) electrons. The highest BCUT2D eigenvalue weighted by Crippen LogP contribution is 2.29. The Balaban J connectivity index is 1.61. The zero-order valence-corrected chi connectivity index (χ0v) is 15.4. The van der Waals surface area contributed by atoms with E-state index in [4.69, 9.17) is 0 Å². The van der Waals surface area contributed by atoms with Crippen molar-refractivity contribution < 1.29 is 4.79 Å². The molecule has 0 spiro atoms. The van der Waals surface area contributed by atoms with Gasteiger partial charge in [0.05, 0.1) is 6.04 Å². The number of aromatic amines is 1. The second kappa shape index (κ2) is 6.94. The van der Waals surface area contributed by atoms with Crippen LogP contribution in [0.15, 0.2) is 24.5 Å². The number of hydrogen-bond acceptors (Lipinski definition) is 3. The SMILES string of the molecule is CC[C@H](NC(=O)c1ccc2[nH]c3c(c2c1)CCCC3)c1ncnn1CC. The monoisotopic (exact) mass is 351 g/mol. The van der Waals surface area contributed by atoms with E-state index < -0.39 is 0 Å². The molecule has 2 N–H and O–H groups in total. The first-order valence-electron chi connectivity index (χ1n) is 9.53. The minimum Gasteiger partial charge on any atom is -0.358 e.